The van der Waals surface area contributed by atoms with Gasteiger partial charge in [-0.25, -0.2) is 9.82 Å². The van der Waals surface area contributed by atoms with Gasteiger partial charge in [0.25, 0.3) is 0 Å². The van der Waals surface area contributed by atoms with E-state index >= 15 is 0 Å². The van der Waals surface area contributed by atoms with Gasteiger partial charge in [0.15, 0.2) is 0 Å². The largest absolute Gasteiger partial charge is 0.490 e. The van der Waals surface area contributed by atoms with Crippen LogP contribution in [0.15, 0.2) is 42.5 Å². The molecule has 0 spiro atoms. The van der Waals surface area contributed by atoms with Crippen LogP contribution in [0.5, 0.6) is 5.75 Å². The highest BCUT2D eigenvalue weighted by atomic mass is 35.5. The van der Waals surface area contributed by atoms with Crippen LogP contribution in [-0.2, 0) is 0 Å². The first-order valence-electron chi connectivity index (χ1n) is 6.85. The Labute approximate surface area is 127 Å². The molecule has 2 aromatic rings. The summed E-state index contributed by atoms with van der Waals surface area (Å²) in [5.74, 6) is 6.00. The Morgan fingerprint density at radius 2 is 2.00 bits per heavy atom. The van der Waals surface area contributed by atoms with Gasteiger partial charge in [-0.3, -0.25) is 5.84 Å². The molecule has 1 atom stereocenters. The highest BCUT2D eigenvalue weighted by Crippen LogP contribution is 2.33. The summed E-state index contributed by atoms with van der Waals surface area (Å²) < 4.78 is 19.8. The Bertz CT molecular complexity index is 626. The molecule has 0 amide bonds. The molecule has 0 aliphatic heterocycles. The second-order valence-corrected chi connectivity index (χ2v) is 5.53. The summed E-state index contributed by atoms with van der Waals surface area (Å²) in [6.07, 6.45) is 2.48. The van der Waals surface area contributed by atoms with E-state index < -0.39 is 6.04 Å². The lowest BCUT2D eigenvalue weighted by Crippen LogP contribution is -2.29. The monoisotopic (exact) mass is 306 g/mol. The maximum atomic E-state index is 14.1. The highest BCUT2D eigenvalue weighted by molar-refractivity contribution is 6.31. The van der Waals surface area contributed by atoms with Crippen molar-refractivity contribution in [2.24, 2.45) is 5.84 Å². The van der Waals surface area contributed by atoms with E-state index in [1.165, 1.54) is 6.07 Å². The van der Waals surface area contributed by atoms with Crippen LogP contribution >= 0.6 is 11.6 Å². The second-order valence-electron chi connectivity index (χ2n) is 5.12. The van der Waals surface area contributed by atoms with Crippen molar-refractivity contribution >= 4 is 11.6 Å². The molecule has 0 bridgehead atoms. The first-order valence-corrected chi connectivity index (χ1v) is 7.23. The van der Waals surface area contributed by atoms with Crippen molar-refractivity contribution in [2.75, 3.05) is 0 Å². The molecule has 3 rings (SSSR count). The minimum absolute atomic E-state index is 0.307. The van der Waals surface area contributed by atoms with Gasteiger partial charge in [0.05, 0.1) is 12.1 Å². The van der Waals surface area contributed by atoms with E-state index in [1.807, 2.05) is 24.3 Å². The number of ether oxygens (including phenoxy) is 1. The molecular formula is C16H16ClFN2O. The minimum Gasteiger partial charge on any atom is -0.490 e. The van der Waals surface area contributed by atoms with Gasteiger partial charge in [0, 0.05) is 10.6 Å². The van der Waals surface area contributed by atoms with Gasteiger partial charge < -0.3 is 4.74 Å². The average Bonchev–Trinajstić information content (AvgIpc) is 3.27. The molecule has 110 valence electrons. The number of hydrogen-bond donors (Lipinski definition) is 2. The topological polar surface area (TPSA) is 47.3 Å². The molecular weight excluding hydrogens is 291 g/mol. The van der Waals surface area contributed by atoms with E-state index in [-0.39, 0.29) is 5.82 Å². The Morgan fingerprint density at radius 1 is 1.24 bits per heavy atom. The van der Waals surface area contributed by atoms with Crippen molar-refractivity contribution in [3.05, 3.63) is 64.4 Å². The van der Waals surface area contributed by atoms with Gasteiger partial charge in [-0.1, -0.05) is 29.8 Å². The molecule has 1 aliphatic carbocycles. The molecule has 0 aromatic heterocycles. The van der Waals surface area contributed by atoms with Crippen LogP contribution in [0, 0.1) is 5.82 Å². The van der Waals surface area contributed by atoms with Crippen LogP contribution in [-0.4, -0.2) is 6.10 Å². The summed E-state index contributed by atoms with van der Waals surface area (Å²) in [6, 6.07) is 11.6. The van der Waals surface area contributed by atoms with Gasteiger partial charge in [-0.15, -0.1) is 0 Å². The van der Waals surface area contributed by atoms with Gasteiger partial charge in [0.1, 0.15) is 11.6 Å². The third-order valence-corrected chi connectivity index (χ3v) is 3.80. The Morgan fingerprint density at radius 3 is 2.67 bits per heavy atom. The molecule has 1 saturated carbocycles. The summed E-state index contributed by atoms with van der Waals surface area (Å²) in [5.41, 5.74) is 3.78. The standard InChI is InChI=1S/C16H16ClFN2O/c17-13-5-2-6-14(18)15(13)16(20-19)10-3-1-4-12(9-10)21-11-7-8-11/h1-6,9,11,16,20H,7-8,19H2. The summed E-state index contributed by atoms with van der Waals surface area (Å²) in [6.45, 7) is 0. The van der Waals surface area contributed by atoms with Crippen molar-refractivity contribution < 1.29 is 9.13 Å². The molecule has 1 unspecified atom stereocenters. The Hall–Kier alpha value is -1.62. The third kappa shape index (κ3) is 3.18. The van der Waals surface area contributed by atoms with Gasteiger partial charge in [0.2, 0.25) is 0 Å². The SMILES string of the molecule is NNC(c1cccc(OC2CC2)c1)c1c(F)cccc1Cl. The zero-order chi connectivity index (χ0) is 14.8. The van der Waals surface area contributed by atoms with Gasteiger partial charge >= 0.3 is 0 Å². The van der Waals surface area contributed by atoms with Crippen LogP contribution < -0.4 is 16.0 Å². The third-order valence-electron chi connectivity index (χ3n) is 3.47. The minimum atomic E-state index is -0.526. The number of rotatable bonds is 5. The predicted molar refractivity (Wildman–Crippen MR) is 80.7 cm³/mol. The van der Waals surface area contributed by atoms with E-state index in [9.17, 15) is 4.39 Å². The predicted octanol–water partition coefficient (Wildman–Crippen LogP) is 3.57. The lowest BCUT2D eigenvalue weighted by Gasteiger charge is -2.19. The van der Waals surface area contributed by atoms with Gasteiger partial charge in [-0.05, 0) is 42.7 Å². The fraction of sp³-hybridized carbons (Fsp3) is 0.250. The van der Waals surface area contributed by atoms with Crippen LogP contribution in [0.1, 0.15) is 30.0 Å². The number of nitrogens with two attached hydrogens (primary N) is 1. The molecule has 21 heavy (non-hydrogen) atoms. The van der Waals surface area contributed by atoms with Crippen LogP contribution in [0.3, 0.4) is 0 Å². The van der Waals surface area contributed by atoms with Crippen molar-refractivity contribution in [3.63, 3.8) is 0 Å². The molecule has 3 nitrogen and oxygen atoms in total. The number of halogens is 2. The highest BCUT2D eigenvalue weighted by Gasteiger charge is 2.24. The van der Waals surface area contributed by atoms with Crippen molar-refractivity contribution in [1.82, 2.24) is 5.43 Å². The quantitative estimate of drug-likeness (QED) is 0.656. The van der Waals surface area contributed by atoms with Crippen molar-refractivity contribution in [2.45, 2.75) is 25.0 Å². The first kappa shape index (κ1) is 14.3. The molecule has 3 N–H and O–H groups in total. The molecule has 0 radical (unpaired) electrons. The normalized spacial score (nSPS) is 15.8. The number of hydrazine groups is 1. The number of hydrogen-bond acceptors (Lipinski definition) is 3. The fourth-order valence-electron chi connectivity index (χ4n) is 2.28. The molecule has 2 aromatic carbocycles. The molecule has 0 heterocycles. The van der Waals surface area contributed by atoms with E-state index in [1.54, 1.807) is 12.1 Å². The summed E-state index contributed by atoms with van der Waals surface area (Å²) in [5, 5.41) is 0.339. The Balaban J connectivity index is 1.95. The molecule has 0 saturated heterocycles. The maximum Gasteiger partial charge on any atom is 0.129 e. The smallest absolute Gasteiger partial charge is 0.129 e. The van der Waals surface area contributed by atoms with E-state index in [0.717, 1.165) is 24.2 Å². The van der Waals surface area contributed by atoms with E-state index in [2.05, 4.69) is 5.43 Å². The zero-order valence-electron chi connectivity index (χ0n) is 11.4. The summed E-state index contributed by atoms with van der Waals surface area (Å²) in [4.78, 5) is 0. The number of nitrogens with one attached hydrogen (secondary N) is 1. The average molecular weight is 307 g/mol. The summed E-state index contributed by atoms with van der Waals surface area (Å²) >= 11 is 6.12. The lowest BCUT2D eigenvalue weighted by molar-refractivity contribution is 0.302. The van der Waals surface area contributed by atoms with Crippen LogP contribution in [0.2, 0.25) is 5.02 Å². The van der Waals surface area contributed by atoms with Crippen LogP contribution in [0.25, 0.3) is 0 Å². The van der Waals surface area contributed by atoms with Gasteiger partial charge in [-0.2, -0.15) is 0 Å². The first-order chi connectivity index (χ1) is 10.2. The maximum absolute atomic E-state index is 14.1. The summed E-state index contributed by atoms with van der Waals surface area (Å²) in [7, 11) is 0. The van der Waals surface area contributed by atoms with Crippen molar-refractivity contribution in [1.29, 1.82) is 0 Å². The van der Waals surface area contributed by atoms with E-state index in [0.29, 0.717) is 16.7 Å². The van der Waals surface area contributed by atoms with Crippen LogP contribution in [0.4, 0.5) is 4.39 Å². The molecule has 1 fully saturated rings. The zero-order valence-corrected chi connectivity index (χ0v) is 12.1. The van der Waals surface area contributed by atoms with E-state index in [4.69, 9.17) is 22.2 Å². The lowest BCUT2D eigenvalue weighted by atomic mass is 9.98. The Kier molecular flexibility index (Phi) is 4.10. The molecule has 1 aliphatic rings. The molecule has 5 heteroatoms. The van der Waals surface area contributed by atoms with Crippen molar-refractivity contribution in [3.8, 4) is 5.75 Å². The number of benzene rings is 2. The fourth-order valence-corrected chi connectivity index (χ4v) is 2.55. The second kappa shape index (κ2) is 6.02.